The van der Waals surface area contributed by atoms with Gasteiger partial charge in [-0.2, -0.15) is 0 Å². The fourth-order valence-electron chi connectivity index (χ4n) is 2.91. The highest BCUT2D eigenvalue weighted by molar-refractivity contribution is 5.85. The number of aromatic nitrogens is 3. The number of nitrogens with zero attached hydrogens (tertiary/aromatic N) is 3. The summed E-state index contributed by atoms with van der Waals surface area (Å²) in [6.45, 7) is 0. The number of hydrogen-bond acceptors (Lipinski definition) is 4. The summed E-state index contributed by atoms with van der Waals surface area (Å²) < 4.78 is 1.95. The molecule has 0 spiro atoms. The molecule has 2 unspecified atom stereocenters. The minimum Gasteiger partial charge on any atom is -0.481 e. The van der Waals surface area contributed by atoms with Crippen LogP contribution in [-0.4, -0.2) is 31.7 Å². The Morgan fingerprint density at radius 1 is 1.45 bits per heavy atom. The highest BCUT2D eigenvalue weighted by atomic mass is 16.4. The van der Waals surface area contributed by atoms with E-state index in [0.29, 0.717) is 6.42 Å². The number of hydrogen-bond donors (Lipinski definition) is 2. The van der Waals surface area contributed by atoms with Crippen molar-refractivity contribution in [2.75, 3.05) is 5.32 Å². The Bertz CT molecular complexity index is 637. The third kappa shape index (κ3) is 2.33. The second kappa shape index (κ2) is 5.11. The number of imidazole rings is 1. The van der Waals surface area contributed by atoms with Crippen molar-refractivity contribution in [2.45, 2.75) is 31.7 Å². The summed E-state index contributed by atoms with van der Waals surface area (Å²) in [5, 5.41) is 12.5. The van der Waals surface area contributed by atoms with E-state index in [-0.39, 0.29) is 12.0 Å². The first kappa shape index (κ1) is 12.9. The number of anilines is 1. The molecule has 1 aliphatic carbocycles. The van der Waals surface area contributed by atoms with Crippen LogP contribution in [0.2, 0.25) is 0 Å². The molecule has 0 bridgehead atoms. The Morgan fingerprint density at radius 3 is 3.10 bits per heavy atom. The molecule has 0 radical (unpaired) electrons. The van der Waals surface area contributed by atoms with Gasteiger partial charge in [-0.05, 0) is 25.3 Å². The first-order valence-electron chi connectivity index (χ1n) is 6.90. The minimum absolute atomic E-state index is 0.157. The lowest BCUT2D eigenvalue weighted by Crippen LogP contribution is -2.31. The van der Waals surface area contributed by atoms with E-state index in [2.05, 4.69) is 15.3 Å². The second-order valence-electron chi connectivity index (χ2n) is 5.43. The molecule has 106 valence electrons. The molecule has 2 aromatic rings. The quantitative estimate of drug-likeness (QED) is 0.895. The van der Waals surface area contributed by atoms with Gasteiger partial charge in [0.1, 0.15) is 5.52 Å². The number of pyridine rings is 1. The van der Waals surface area contributed by atoms with Gasteiger partial charge >= 0.3 is 5.97 Å². The predicted molar refractivity (Wildman–Crippen MR) is 75.5 cm³/mol. The van der Waals surface area contributed by atoms with Gasteiger partial charge in [-0.3, -0.25) is 4.79 Å². The van der Waals surface area contributed by atoms with Crippen LogP contribution in [0.5, 0.6) is 0 Å². The molecule has 3 rings (SSSR count). The Morgan fingerprint density at radius 2 is 2.30 bits per heavy atom. The molecule has 0 amide bonds. The summed E-state index contributed by atoms with van der Waals surface area (Å²) in [7, 11) is 1.94. The van der Waals surface area contributed by atoms with Crippen molar-refractivity contribution < 1.29 is 9.90 Å². The zero-order chi connectivity index (χ0) is 14.1. The average Bonchev–Trinajstić information content (AvgIpc) is 2.82. The maximum Gasteiger partial charge on any atom is 0.306 e. The van der Waals surface area contributed by atoms with E-state index in [0.717, 1.165) is 36.1 Å². The number of carbonyl (C=O) groups is 1. The molecule has 6 nitrogen and oxygen atoms in total. The monoisotopic (exact) mass is 274 g/mol. The SMILES string of the molecule is Cn1cnc2c(NC3CCCC(C(=O)O)C3)nccc21. The number of aryl methyl sites for hydroxylation is 1. The van der Waals surface area contributed by atoms with Crippen molar-refractivity contribution in [1.29, 1.82) is 0 Å². The molecule has 2 atom stereocenters. The molecule has 20 heavy (non-hydrogen) atoms. The molecule has 6 heteroatoms. The largest absolute Gasteiger partial charge is 0.481 e. The fourth-order valence-corrected chi connectivity index (χ4v) is 2.91. The molecule has 2 N–H and O–H groups in total. The standard InChI is InChI=1S/C14H18N4O2/c1-18-8-16-12-11(18)5-6-15-13(12)17-10-4-2-3-9(7-10)14(19)20/h5-6,8-10H,2-4,7H2,1H3,(H,15,17)(H,19,20). The third-order valence-electron chi connectivity index (χ3n) is 4.01. The molecule has 1 aliphatic rings. The summed E-state index contributed by atoms with van der Waals surface area (Å²) in [5.41, 5.74) is 1.86. The summed E-state index contributed by atoms with van der Waals surface area (Å²) in [6, 6.07) is 2.08. The first-order valence-corrected chi connectivity index (χ1v) is 6.90. The summed E-state index contributed by atoms with van der Waals surface area (Å²) in [5.74, 6) is -0.191. The van der Waals surface area contributed by atoms with E-state index in [1.165, 1.54) is 0 Å². The zero-order valence-corrected chi connectivity index (χ0v) is 11.4. The van der Waals surface area contributed by atoms with Crippen LogP contribution < -0.4 is 5.32 Å². The molecule has 2 aromatic heterocycles. The Kier molecular flexibility index (Phi) is 3.30. The van der Waals surface area contributed by atoms with Gasteiger partial charge in [0.05, 0.1) is 17.8 Å². The molecular weight excluding hydrogens is 256 g/mol. The molecular formula is C14H18N4O2. The van der Waals surface area contributed by atoms with E-state index in [1.807, 2.05) is 17.7 Å². The zero-order valence-electron chi connectivity index (χ0n) is 11.4. The average molecular weight is 274 g/mol. The fraction of sp³-hybridized carbons (Fsp3) is 0.500. The van der Waals surface area contributed by atoms with Gasteiger partial charge in [0.15, 0.2) is 5.82 Å². The Hall–Kier alpha value is -2.11. The lowest BCUT2D eigenvalue weighted by atomic mass is 9.86. The van der Waals surface area contributed by atoms with Crippen LogP contribution in [0.4, 0.5) is 5.82 Å². The third-order valence-corrected chi connectivity index (χ3v) is 4.01. The van der Waals surface area contributed by atoms with Crippen molar-refractivity contribution in [3.63, 3.8) is 0 Å². The van der Waals surface area contributed by atoms with Gasteiger partial charge in [0.2, 0.25) is 0 Å². The Labute approximate surface area is 116 Å². The number of carboxylic acids is 1. The van der Waals surface area contributed by atoms with Gasteiger partial charge in [-0.1, -0.05) is 6.42 Å². The van der Waals surface area contributed by atoms with Gasteiger partial charge in [0.25, 0.3) is 0 Å². The molecule has 1 saturated carbocycles. The van der Waals surface area contributed by atoms with Crippen LogP contribution in [0, 0.1) is 5.92 Å². The highest BCUT2D eigenvalue weighted by Gasteiger charge is 2.27. The molecule has 0 aromatic carbocycles. The van der Waals surface area contributed by atoms with Gasteiger partial charge in [-0.25, -0.2) is 9.97 Å². The lowest BCUT2D eigenvalue weighted by Gasteiger charge is -2.27. The van der Waals surface area contributed by atoms with Crippen LogP contribution >= 0.6 is 0 Å². The van der Waals surface area contributed by atoms with Gasteiger partial charge in [0, 0.05) is 19.3 Å². The van der Waals surface area contributed by atoms with Crippen LogP contribution in [-0.2, 0) is 11.8 Å². The van der Waals surface area contributed by atoms with E-state index in [1.54, 1.807) is 12.5 Å². The molecule has 0 saturated heterocycles. The number of rotatable bonds is 3. The maximum atomic E-state index is 11.1. The number of fused-ring (bicyclic) bond motifs is 1. The normalized spacial score (nSPS) is 22.9. The summed E-state index contributed by atoms with van der Waals surface area (Å²) in [6.07, 6.45) is 6.86. The minimum atomic E-state index is -0.694. The highest BCUT2D eigenvalue weighted by Crippen LogP contribution is 2.28. The van der Waals surface area contributed by atoms with Crippen molar-refractivity contribution in [1.82, 2.24) is 14.5 Å². The predicted octanol–water partition coefficient (Wildman–Crippen LogP) is 2.02. The van der Waals surface area contributed by atoms with E-state index in [4.69, 9.17) is 5.11 Å². The number of nitrogens with one attached hydrogen (secondary N) is 1. The molecule has 2 heterocycles. The van der Waals surface area contributed by atoms with Crippen molar-refractivity contribution in [3.8, 4) is 0 Å². The van der Waals surface area contributed by atoms with E-state index in [9.17, 15) is 4.79 Å². The number of carboxylic acid groups (broad SMARTS) is 1. The van der Waals surface area contributed by atoms with Gasteiger partial charge < -0.3 is 15.0 Å². The van der Waals surface area contributed by atoms with Crippen LogP contribution in [0.1, 0.15) is 25.7 Å². The van der Waals surface area contributed by atoms with E-state index >= 15 is 0 Å². The first-order chi connectivity index (χ1) is 9.65. The van der Waals surface area contributed by atoms with Crippen LogP contribution in [0.15, 0.2) is 18.6 Å². The van der Waals surface area contributed by atoms with Crippen molar-refractivity contribution in [3.05, 3.63) is 18.6 Å². The number of aliphatic carboxylic acids is 1. The maximum absolute atomic E-state index is 11.1. The van der Waals surface area contributed by atoms with Gasteiger partial charge in [-0.15, -0.1) is 0 Å². The summed E-state index contributed by atoms with van der Waals surface area (Å²) >= 11 is 0. The van der Waals surface area contributed by atoms with Crippen molar-refractivity contribution in [2.24, 2.45) is 13.0 Å². The Balaban J connectivity index is 1.81. The molecule has 0 aliphatic heterocycles. The lowest BCUT2D eigenvalue weighted by molar-refractivity contribution is -0.142. The summed E-state index contributed by atoms with van der Waals surface area (Å²) in [4.78, 5) is 19.8. The smallest absolute Gasteiger partial charge is 0.306 e. The van der Waals surface area contributed by atoms with Crippen LogP contribution in [0.25, 0.3) is 11.0 Å². The molecule has 1 fully saturated rings. The van der Waals surface area contributed by atoms with Crippen LogP contribution in [0.3, 0.4) is 0 Å². The van der Waals surface area contributed by atoms with E-state index < -0.39 is 5.97 Å². The van der Waals surface area contributed by atoms with Crippen molar-refractivity contribution >= 4 is 22.8 Å². The topological polar surface area (TPSA) is 80.0 Å². The second-order valence-corrected chi connectivity index (χ2v) is 5.43.